The normalized spacial score (nSPS) is 17.9. The van der Waals surface area contributed by atoms with Gasteiger partial charge in [0, 0.05) is 52.9 Å². The van der Waals surface area contributed by atoms with Crippen molar-refractivity contribution in [2.24, 2.45) is 4.99 Å². The first-order valence-electron chi connectivity index (χ1n) is 10.4. The van der Waals surface area contributed by atoms with Gasteiger partial charge in [-0.05, 0) is 43.4 Å². The van der Waals surface area contributed by atoms with Gasteiger partial charge in [-0.15, -0.1) is 24.0 Å². The summed E-state index contributed by atoms with van der Waals surface area (Å²) in [7, 11) is 1.82. The molecule has 2 N–H and O–H groups in total. The number of nitrogens with zero attached hydrogens (tertiary/aromatic N) is 4. The predicted molar refractivity (Wildman–Crippen MR) is 127 cm³/mol. The molecule has 2 heterocycles. The number of rotatable bonds is 6. The molecule has 0 aromatic heterocycles. The van der Waals surface area contributed by atoms with Crippen LogP contribution in [0.4, 0.5) is 0 Å². The van der Waals surface area contributed by atoms with E-state index >= 15 is 0 Å². The largest absolute Gasteiger partial charge is 0.508 e. The Hall–Kier alpha value is -1.55. The van der Waals surface area contributed by atoms with Crippen LogP contribution in [0.25, 0.3) is 0 Å². The quantitative estimate of drug-likeness (QED) is 0.262. The van der Waals surface area contributed by atoms with Gasteiger partial charge in [-0.1, -0.05) is 12.1 Å². The topological polar surface area (TPSA) is 71.4 Å². The van der Waals surface area contributed by atoms with E-state index in [0.29, 0.717) is 12.3 Å². The van der Waals surface area contributed by atoms with Crippen molar-refractivity contribution in [3.63, 3.8) is 0 Å². The third-order valence-corrected chi connectivity index (χ3v) is 5.56. The Morgan fingerprint density at radius 3 is 2.31 bits per heavy atom. The molecule has 0 atom stereocenters. The Kier molecular flexibility index (Phi) is 9.99. The van der Waals surface area contributed by atoms with E-state index in [1.807, 2.05) is 24.1 Å². The molecule has 0 bridgehead atoms. The smallest absolute Gasteiger partial charge is 0.236 e. The van der Waals surface area contributed by atoms with Gasteiger partial charge >= 0.3 is 0 Å². The average molecular weight is 515 g/mol. The highest BCUT2D eigenvalue weighted by Crippen LogP contribution is 2.11. The fraction of sp³-hybridized carbons (Fsp3) is 0.619. The molecule has 1 aromatic carbocycles. The molecule has 2 aliphatic rings. The Balaban J connectivity index is 0.00000300. The van der Waals surface area contributed by atoms with Crippen molar-refractivity contribution < 1.29 is 9.90 Å². The van der Waals surface area contributed by atoms with E-state index in [1.165, 1.54) is 5.56 Å². The number of hydrogen-bond acceptors (Lipinski definition) is 4. The molecule has 0 saturated carbocycles. The summed E-state index contributed by atoms with van der Waals surface area (Å²) < 4.78 is 0. The summed E-state index contributed by atoms with van der Waals surface area (Å²) in [6.07, 6.45) is 4.27. The maximum atomic E-state index is 12.3. The maximum Gasteiger partial charge on any atom is 0.236 e. The lowest BCUT2D eigenvalue weighted by molar-refractivity contribution is -0.131. The molecule has 1 aromatic rings. The van der Waals surface area contributed by atoms with Crippen LogP contribution in [0.1, 0.15) is 24.8 Å². The number of likely N-dealkylation sites (tertiary alicyclic amines) is 1. The zero-order chi connectivity index (χ0) is 19.8. The molecule has 3 rings (SSSR count). The SMILES string of the molecule is CN=C(NCCCc1ccc(O)cc1)N1CCN(CC(=O)N2CCCC2)CC1.I. The zero-order valence-electron chi connectivity index (χ0n) is 17.3. The van der Waals surface area contributed by atoms with Gasteiger partial charge in [-0.2, -0.15) is 0 Å². The first kappa shape index (κ1) is 23.7. The molecule has 0 spiro atoms. The number of carbonyl (C=O) groups excluding carboxylic acids is 1. The molecule has 7 nitrogen and oxygen atoms in total. The van der Waals surface area contributed by atoms with Crippen LogP contribution in [-0.4, -0.2) is 91.1 Å². The lowest BCUT2D eigenvalue weighted by Crippen LogP contribution is -2.54. The van der Waals surface area contributed by atoms with Gasteiger partial charge in [0.25, 0.3) is 0 Å². The van der Waals surface area contributed by atoms with E-state index in [4.69, 9.17) is 0 Å². The van der Waals surface area contributed by atoms with E-state index in [1.54, 1.807) is 12.1 Å². The van der Waals surface area contributed by atoms with E-state index in [9.17, 15) is 9.90 Å². The van der Waals surface area contributed by atoms with E-state index < -0.39 is 0 Å². The summed E-state index contributed by atoms with van der Waals surface area (Å²) in [5.41, 5.74) is 1.23. The summed E-state index contributed by atoms with van der Waals surface area (Å²) in [5, 5.41) is 12.8. The van der Waals surface area contributed by atoms with Crippen LogP contribution in [0.3, 0.4) is 0 Å². The van der Waals surface area contributed by atoms with Gasteiger partial charge in [-0.3, -0.25) is 14.7 Å². The highest BCUT2D eigenvalue weighted by molar-refractivity contribution is 14.0. The number of amides is 1. The number of carbonyl (C=O) groups is 1. The molecular weight excluding hydrogens is 481 g/mol. The fourth-order valence-electron chi connectivity index (χ4n) is 3.86. The molecule has 29 heavy (non-hydrogen) atoms. The van der Waals surface area contributed by atoms with Crippen LogP contribution in [0.2, 0.25) is 0 Å². The molecule has 0 radical (unpaired) electrons. The average Bonchev–Trinajstić information content (AvgIpc) is 3.25. The van der Waals surface area contributed by atoms with Crippen LogP contribution >= 0.6 is 24.0 Å². The van der Waals surface area contributed by atoms with E-state index in [-0.39, 0.29) is 29.9 Å². The van der Waals surface area contributed by atoms with Crippen molar-refractivity contribution in [2.45, 2.75) is 25.7 Å². The lowest BCUT2D eigenvalue weighted by Gasteiger charge is -2.36. The molecule has 2 fully saturated rings. The second-order valence-electron chi connectivity index (χ2n) is 7.60. The van der Waals surface area contributed by atoms with Crippen LogP contribution in [-0.2, 0) is 11.2 Å². The number of guanidine groups is 1. The number of piperazine rings is 1. The number of aryl methyl sites for hydroxylation is 1. The maximum absolute atomic E-state index is 12.3. The van der Waals surface area contributed by atoms with Gasteiger partial charge < -0.3 is 20.2 Å². The number of hydrogen-bond donors (Lipinski definition) is 2. The number of nitrogens with one attached hydrogen (secondary N) is 1. The van der Waals surface area contributed by atoms with Crippen molar-refractivity contribution in [3.8, 4) is 5.75 Å². The number of benzene rings is 1. The molecule has 2 aliphatic heterocycles. The predicted octanol–water partition coefficient (Wildman–Crippen LogP) is 1.76. The minimum absolute atomic E-state index is 0. The van der Waals surface area contributed by atoms with E-state index in [0.717, 1.165) is 77.5 Å². The van der Waals surface area contributed by atoms with Crippen molar-refractivity contribution in [2.75, 3.05) is 59.4 Å². The van der Waals surface area contributed by atoms with Crippen LogP contribution in [0.5, 0.6) is 5.75 Å². The standard InChI is InChI=1S/C21H33N5O2.HI/c1-22-21(23-10-4-5-18-6-8-19(27)9-7-18)26-15-13-24(14-16-26)17-20(28)25-11-2-3-12-25;/h6-9,27H,2-5,10-17H2,1H3,(H,22,23);1H. The van der Waals surface area contributed by atoms with Crippen LogP contribution in [0.15, 0.2) is 29.3 Å². The second kappa shape index (κ2) is 12.2. The van der Waals surface area contributed by atoms with Gasteiger partial charge in [0.15, 0.2) is 5.96 Å². The minimum Gasteiger partial charge on any atom is -0.508 e. The number of phenolic OH excluding ortho intramolecular Hbond substituents is 1. The number of aromatic hydroxyl groups is 1. The summed E-state index contributed by atoms with van der Waals surface area (Å²) in [4.78, 5) is 23.3. The third kappa shape index (κ3) is 7.33. The van der Waals surface area contributed by atoms with Gasteiger partial charge in [-0.25, -0.2) is 0 Å². The first-order chi connectivity index (χ1) is 13.7. The van der Waals surface area contributed by atoms with Crippen molar-refractivity contribution in [1.82, 2.24) is 20.0 Å². The number of halogens is 1. The second-order valence-corrected chi connectivity index (χ2v) is 7.60. The lowest BCUT2D eigenvalue weighted by atomic mass is 10.1. The molecular formula is C21H34IN5O2. The molecule has 162 valence electrons. The summed E-state index contributed by atoms with van der Waals surface area (Å²) >= 11 is 0. The number of phenols is 1. The van der Waals surface area contributed by atoms with E-state index in [2.05, 4.69) is 20.1 Å². The van der Waals surface area contributed by atoms with Gasteiger partial charge in [0.05, 0.1) is 6.54 Å². The minimum atomic E-state index is 0. The Morgan fingerprint density at radius 2 is 1.69 bits per heavy atom. The first-order valence-corrected chi connectivity index (χ1v) is 10.4. The summed E-state index contributed by atoms with van der Waals surface area (Å²) in [5.74, 6) is 1.53. The van der Waals surface area contributed by atoms with Crippen molar-refractivity contribution >= 4 is 35.8 Å². The van der Waals surface area contributed by atoms with Crippen molar-refractivity contribution in [1.29, 1.82) is 0 Å². The molecule has 0 unspecified atom stereocenters. The third-order valence-electron chi connectivity index (χ3n) is 5.56. The Bertz CT molecular complexity index is 654. The van der Waals surface area contributed by atoms with Gasteiger partial charge in [0.2, 0.25) is 5.91 Å². The van der Waals surface area contributed by atoms with Crippen molar-refractivity contribution in [3.05, 3.63) is 29.8 Å². The Labute approximate surface area is 191 Å². The monoisotopic (exact) mass is 515 g/mol. The highest BCUT2D eigenvalue weighted by Gasteiger charge is 2.24. The molecule has 2 saturated heterocycles. The Morgan fingerprint density at radius 1 is 1.03 bits per heavy atom. The van der Waals surface area contributed by atoms with Crippen LogP contribution in [0, 0.1) is 0 Å². The number of aliphatic imine (C=N–C) groups is 1. The summed E-state index contributed by atoms with van der Waals surface area (Å²) in [6.45, 7) is 6.85. The van der Waals surface area contributed by atoms with Gasteiger partial charge in [0.1, 0.15) is 5.75 Å². The zero-order valence-corrected chi connectivity index (χ0v) is 19.7. The summed E-state index contributed by atoms with van der Waals surface area (Å²) in [6, 6.07) is 7.39. The molecule has 1 amide bonds. The fourth-order valence-corrected chi connectivity index (χ4v) is 3.86. The molecule has 8 heteroatoms. The molecule has 0 aliphatic carbocycles. The van der Waals surface area contributed by atoms with Crippen LogP contribution < -0.4 is 5.32 Å². The highest BCUT2D eigenvalue weighted by atomic mass is 127.